The van der Waals surface area contributed by atoms with E-state index in [1.807, 2.05) is 36.9 Å². The molecule has 0 amide bonds. The predicted molar refractivity (Wildman–Crippen MR) is 113 cm³/mol. The molecule has 3 heteroatoms. The van der Waals surface area contributed by atoms with E-state index >= 15 is 0 Å². The molecule has 0 radical (unpaired) electrons. The lowest BCUT2D eigenvalue weighted by molar-refractivity contribution is -0.678. The van der Waals surface area contributed by atoms with E-state index in [1.54, 1.807) is 0 Å². The van der Waals surface area contributed by atoms with Gasteiger partial charge in [-0.3, -0.25) is 4.79 Å². The molecule has 0 spiro atoms. The maximum atomic E-state index is 11.7. The van der Waals surface area contributed by atoms with Crippen LogP contribution in [0.4, 0.5) is 0 Å². The quantitative estimate of drug-likeness (QED) is 0.265. The third kappa shape index (κ3) is 9.93. The number of carbonyl (C=O) groups is 1. The summed E-state index contributed by atoms with van der Waals surface area (Å²) in [6.07, 6.45) is 19.9. The number of nitrogens with zero attached hydrogens (tertiary/aromatic N) is 1. The van der Waals surface area contributed by atoms with E-state index in [1.165, 1.54) is 70.6 Å². The molecule has 0 fully saturated rings. The summed E-state index contributed by atoms with van der Waals surface area (Å²) >= 11 is 0. The number of unbranched alkanes of at least 4 members (excludes halogenated alkanes) is 12. The molecule has 1 rings (SSSR count). The van der Waals surface area contributed by atoms with Crippen LogP contribution in [-0.2, 0) is 11.8 Å². The minimum Gasteiger partial charge on any atom is -0.481 e. The molecule has 27 heavy (non-hydrogen) atoms. The van der Waals surface area contributed by atoms with Crippen LogP contribution in [0.3, 0.4) is 0 Å². The number of aryl methyl sites for hydroxylation is 1. The van der Waals surface area contributed by atoms with Crippen molar-refractivity contribution in [3.8, 4) is 0 Å². The summed E-state index contributed by atoms with van der Waals surface area (Å²) in [5.41, 5.74) is 2.02. The smallest absolute Gasteiger partial charge is 0.311 e. The molecule has 1 unspecified atom stereocenters. The van der Waals surface area contributed by atoms with Crippen LogP contribution >= 0.6 is 0 Å². The van der Waals surface area contributed by atoms with Crippen molar-refractivity contribution in [1.29, 1.82) is 0 Å². The minimum absolute atomic E-state index is 0.370. The van der Waals surface area contributed by atoms with E-state index in [9.17, 15) is 9.90 Å². The summed E-state index contributed by atoms with van der Waals surface area (Å²) in [4.78, 5) is 11.7. The van der Waals surface area contributed by atoms with Crippen molar-refractivity contribution in [3.05, 3.63) is 29.6 Å². The Bertz CT molecular complexity index is 527. The van der Waals surface area contributed by atoms with Crippen molar-refractivity contribution in [2.75, 3.05) is 0 Å². The number of aliphatic carboxylic acids is 1. The minimum atomic E-state index is -0.691. The third-order valence-corrected chi connectivity index (χ3v) is 5.80. The van der Waals surface area contributed by atoms with Gasteiger partial charge in [0.1, 0.15) is 7.05 Å². The molecule has 1 N–H and O–H groups in total. The molecule has 0 aliphatic carbocycles. The van der Waals surface area contributed by atoms with Crippen molar-refractivity contribution in [1.82, 2.24) is 0 Å². The van der Waals surface area contributed by atoms with E-state index in [-0.39, 0.29) is 5.92 Å². The maximum Gasteiger partial charge on any atom is 0.311 e. The van der Waals surface area contributed by atoms with Gasteiger partial charge in [0.05, 0.1) is 5.92 Å². The Kier molecular flexibility index (Phi) is 12.8. The van der Waals surface area contributed by atoms with Gasteiger partial charge in [-0.05, 0) is 12.5 Å². The van der Waals surface area contributed by atoms with Crippen LogP contribution in [-0.4, -0.2) is 11.1 Å². The Labute approximate surface area is 167 Å². The Morgan fingerprint density at radius 1 is 0.926 bits per heavy atom. The van der Waals surface area contributed by atoms with Crippen molar-refractivity contribution in [3.63, 3.8) is 0 Å². The normalized spacial score (nSPS) is 12.3. The summed E-state index contributed by atoms with van der Waals surface area (Å²) < 4.78 is 2.01. The fourth-order valence-corrected chi connectivity index (χ4v) is 3.86. The molecule has 1 aromatic rings. The number of hydrogen-bond acceptors (Lipinski definition) is 1. The zero-order chi connectivity index (χ0) is 19.9. The molecule has 0 bridgehead atoms. The van der Waals surface area contributed by atoms with Crippen LogP contribution in [0.5, 0.6) is 0 Å². The first kappa shape index (κ1) is 23.7. The van der Waals surface area contributed by atoms with Crippen molar-refractivity contribution < 1.29 is 14.5 Å². The fraction of sp³-hybridized carbons (Fsp3) is 0.750. The number of aromatic nitrogens is 1. The summed E-state index contributed by atoms with van der Waals surface area (Å²) in [6.45, 7) is 4.28. The Morgan fingerprint density at radius 2 is 1.41 bits per heavy atom. The number of rotatable bonds is 16. The lowest BCUT2D eigenvalue weighted by Crippen LogP contribution is -2.33. The monoisotopic (exact) mass is 376 g/mol. The highest BCUT2D eigenvalue weighted by Crippen LogP contribution is 2.24. The number of carboxylic acids is 1. The summed E-state index contributed by atoms with van der Waals surface area (Å²) in [7, 11) is 1.98. The van der Waals surface area contributed by atoms with E-state index < -0.39 is 5.97 Å². The van der Waals surface area contributed by atoms with E-state index in [0.29, 0.717) is 0 Å². The lowest BCUT2D eigenvalue weighted by atomic mass is 9.92. The van der Waals surface area contributed by atoms with Gasteiger partial charge in [0, 0.05) is 18.6 Å². The van der Waals surface area contributed by atoms with Gasteiger partial charge in [-0.15, -0.1) is 0 Å². The summed E-state index contributed by atoms with van der Waals surface area (Å²) in [6, 6.07) is 3.92. The average molecular weight is 377 g/mol. The van der Waals surface area contributed by atoms with Crippen LogP contribution in [0.1, 0.15) is 114 Å². The molecule has 0 aliphatic heterocycles. The Balaban J connectivity index is 2.11. The standard InChI is InChI=1S/C24H41NO2/c1-4-5-6-7-8-9-10-11-12-13-14-15-16-18-23(24(26)27)22-19-17-20-25(3)21(22)2/h17,19-20,23H,4-16,18H2,1-3H3/p+1. The first-order valence-electron chi connectivity index (χ1n) is 11.3. The van der Waals surface area contributed by atoms with Crippen LogP contribution in [0.15, 0.2) is 18.3 Å². The molecular formula is C24H42NO2+. The molecule has 3 nitrogen and oxygen atoms in total. The molecule has 1 heterocycles. The number of pyridine rings is 1. The Hall–Kier alpha value is -1.38. The number of hydrogen-bond donors (Lipinski definition) is 1. The first-order valence-corrected chi connectivity index (χ1v) is 11.3. The van der Waals surface area contributed by atoms with Gasteiger partial charge in [0.15, 0.2) is 11.9 Å². The third-order valence-electron chi connectivity index (χ3n) is 5.80. The molecule has 1 aromatic heterocycles. The summed E-state index contributed by atoms with van der Waals surface area (Å²) in [5, 5.41) is 9.62. The highest BCUT2D eigenvalue weighted by atomic mass is 16.4. The molecule has 0 saturated carbocycles. The lowest BCUT2D eigenvalue weighted by Gasteiger charge is -2.13. The highest BCUT2D eigenvalue weighted by Gasteiger charge is 2.24. The van der Waals surface area contributed by atoms with Crippen molar-refractivity contribution in [2.24, 2.45) is 7.05 Å². The van der Waals surface area contributed by atoms with E-state index in [4.69, 9.17) is 0 Å². The fourth-order valence-electron chi connectivity index (χ4n) is 3.86. The zero-order valence-corrected chi connectivity index (χ0v) is 18.0. The van der Waals surface area contributed by atoms with Crippen LogP contribution < -0.4 is 4.57 Å². The van der Waals surface area contributed by atoms with Crippen LogP contribution in [0, 0.1) is 6.92 Å². The van der Waals surface area contributed by atoms with Crippen LogP contribution in [0.25, 0.3) is 0 Å². The van der Waals surface area contributed by atoms with Gasteiger partial charge in [0.2, 0.25) is 0 Å². The van der Waals surface area contributed by atoms with E-state index in [2.05, 4.69) is 6.92 Å². The topological polar surface area (TPSA) is 41.2 Å². The largest absolute Gasteiger partial charge is 0.481 e. The van der Waals surface area contributed by atoms with Crippen molar-refractivity contribution in [2.45, 2.75) is 110 Å². The van der Waals surface area contributed by atoms with Gasteiger partial charge in [-0.2, -0.15) is 0 Å². The van der Waals surface area contributed by atoms with Crippen molar-refractivity contribution >= 4 is 5.97 Å². The molecule has 0 aliphatic rings. The summed E-state index contributed by atoms with van der Waals surface area (Å²) in [5.74, 6) is -1.06. The van der Waals surface area contributed by atoms with Gasteiger partial charge in [-0.1, -0.05) is 90.4 Å². The van der Waals surface area contributed by atoms with Crippen LogP contribution in [0.2, 0.25) is 0 Å². The van der Waals surface area contributed by atoms with Gasteiger partial charge in [0.25, 0.3) is 0 Å². The zero-order valence-electron chi connectivity index (χ0n) is 18.0. The maximum absolute atomic E-state index is 11.7. The van der Waals surface area contributed by atoms with Gasteiger partial charge < -0.3 is 5.11 Å². The second kappa shape index (κ2) is 14.6. The highest BCUT2D eigenvalue weighted by molar-refractivity contribution is 5.76. The van der Waals surface area contributed by atoms with E-state index in [0.717, 1.165) is 30.5 Å². The van der Waals surface area contributed by atoms with Gasteiger partial charge in [-0.25, -0.2) is 4.57 Å². The predicted octanol–water partition coefficient (Wildman–Crippen LogP) is 6.47. The molecule has 1 atom stereocenters. The second-order valence-electron chi connectivity index (χ2n) is 8.08. The van der Waals surface area contributed by atoms with Gasteiger partial charge >= 0.3 is 5.97 Å². The molecular weight excluding hydrogens is 334 g/mol. The SMILES string of the molecule is CCCCCCCCCCCCCCCC(C(=O)O)c1ccc[n+](C)c1C. The Morgan fingerprint density at radius 3 is 1.89 bits per heavy atom. The molecule has 154 valence electrons. The average Bonchev–Trinajstić information content (AvgIpc) is 2.64. The first-order chi connectivity index (χ1) is 13.1. The number of carboxylic acid groups (broad SMARTS) is 1. The molecule has 0 aromatic carbocycles. The molecule has 0 saturated heterocycles. The second-order valence-corrected chi connectivity index (χ2v) is 8.08.